The predicted octanol–water partition coefficient (Wildman–Crippen LogP) is 3.91. The summed E-state index contributed by atoms with van der Waals surface area (Å²) in [4.78, 5) is 10.4. The predicted molar refractivity (Wildman–Crippen MR) is 60.5 cm³/mol. The summed E-state index contributed by atoms with van der Waals surface area (Å²) in [6, 6.07) is 1.81. The molecule has 1 aliphatic rings. The molecule has 0 N–H and O–H groups in total. The van der Waals surface area contributed by atoms with Crippen LogP contribution in [0.25, 0.3) is 0 Å². The van der Waals surface area contributed by atoms with E-state index in [1.807, 2.05) is 0 Å². The molecule has 1 saturated carbocycles. The van der Waals surface area contributed by atoms with Crippen LogP contribution < -0.4 is 0 Å². The Kier molecular flexibility index (Phi) is 5.38. The van der Waals surface area contributed by atoms with E-state index in [0.717, 1.165) is 12.1 Å². The van der Waals surface area contributed by atoms with Gasteiger partial charge in [-0.1, -0.05) is 11.6 Å². The van der Waals surface area contributed by atoms with Crippen molar-refractivity contribution < 1.29 is 26.7 Å². The lowest BCUT2D eigenvalue weighted by atomic mass is 9.96. The first kappa shape index (κ1) is 16.7. The number of nitrogens with zero attached hydrogens (tertiary/aromatic N) is 2. The van der Waals surface area contributed by atoms with E-state index >= 15 is 0 Å². The van der Waals surface area contributed by atoms with Crippen molar-refractivity contribution in [3.05, 3.63) is 23.0 Å². The first-order valence-electron chi connectivity index (χ1n) is 5.56. The molecule has 0 atom stereocenters. The fourth-order valence-corrected chi connectivity index (χ4v) is 1.46. The number of rotatable bonds is 0. The van der Waals surface area contributed by atoms with Crippen molar-refractivity contribution in [3.8, 4) is 0 Å². The Hall–Kier alpha value is -1.31. The van der Waals surface area contributed by atoms with Gasteiger partial charge >= 0.3 is 6.18 Å². The Morgan fingerprint density at radius 2 is 1.65 bits per heavy atom. The molecule has 2 rings (SSSR count). The van der Waals surface area contributed by atoms with Crippen molar-refractivity contribution in [2.24, 2.45) is 0 Å². The molecular weight excluding hydrogens is 307 g/mol. The van der Waals surface area contributed by atoms with Crippen LogP contribution in [0.15, 0.2) is 12.1 Å². The van der Waals surface area contributed by atoms with E-state index in [-0.39, 0.29) is 36.6 Å². The number of aromatic nitrogens is 2. The number of Topliss-reactive ketones (excluding diaryl/α,β-unsaturated/α-hetero) is 1. The maximum Gasteiger partial charge on any atom is 0.435 e. The number of carbonyl (C=O) groups is 1. The lowest BCUT2D eigenvalue weighted by Crippen LogP contribution is -2.24. The molecule has 1 aromatic rings. The van der Waals surface area contributed by atoms with Gasteiger partial charge in [-0.2, -0.15) is 13.2 Å². The first-order chi connectivity index (χ1) is 9.10. The van der Waals surface area contributed by atoms with E-state index in [2.05, 4.69) is 10.2 Å². The number of alkyl halides is 5. The topological polar surface area (TPSA) is 42.9 Å². The number of ketones is 1. The number of hydrogen-bond acceptors (Lipinski definition) is 3. The molecule has 20 heavy (non-hydrogen) atoms. The summed E-state index contributed by atoms with van der Waals surface area (Å²) in [6.07, 6.45) is -4.81. The molecule has 0 spiro atoms. The highest BCUT2D eigenvalue weighted by Crippen LogP contribution is 2.30. The van der Waals surface area contributed by atoms with Crippen LogP contribution in [-0.4, -0.2) is 21.9 Å². The number of halogens is 6. The summed E-state index contributed by atoms with van der Waals surface area (Å²) in [5.74, 6) is -2.59. The second kappa shape index (κ2) is 6.43. The lowest BCUT2D eigenvalue weighted by Gasteiger charge is -2.19. The van der Waals surface area contributed by atoms with E-state index in [9.17, 15) is 26.7 Å². The molecule has 1 aliphatic carbocycles. The van der Waals surface area contributed by atoms with Crippen LogP contribution >= 0.6 is 11.6 Å². The molecule has 0 aromatic carbocycles. The molecule has 0 aliphatic heterocycles. The van der Waals surface area contributed by atoms with Crippen molar-refractivity contribution in [2.45, 2.75) is 37.8 Å². The van der Waals surface area contributed by atoms with Gasteiger partial charge in [0.25, 0.3) is 0 Å². The zero-order chi connectivity index (χ0) is 15.4. The highest BCUT2D eigenvalue weighted by molar-refractivity contribution is 6.29. The smallest absolute Gasteiger partial charge is 0.300 e. The molecular formula is C11H10ClF5N2O. The maximum absolute atomic E-state index is 12.2. The normalized spacial score (nSPS) is 18.2. The van der Waals surface area contributed by atoms with Crippen molar-refractivity contribution in [1.29, 1.82) is 0 Å². The molecule has 0 unspecified atom stereocenters. The van der Waals surface area contributed by atoms with Gasteiger partial charge in [0, 0.05) is 25.7 Å². The van der Waals surface area contributed by atoms with E-state index < -0.39 is 17.8 Å². The Morgan fingerprint density at radius 1 is 1.10 bits per heavy atom. The molecule has 0 bridgehead atoms. The Bertz CT molecular complexity index is 449. The van der Waals surface area contributed by atoms with Crippen molar-refractivity contribution in [3.63, 3.8) is 0 Å². The average molecular weight is 317 g/mol. The number of carbonyl (C=O) groups excluding carboxylic acids is 1. The third-order valence-electron chi connectivity index (χ3n) is 2.46. The molecule has 0 radical (unpaired) electrons. The van der Waals surface area contributed by atoms with Crippen LogP contribution in [-0.2, 0) is 11.0 Å². The molecule has 1 aromatic heterocycles. The van der Waals surface area contributed by atoms with Crippen LogP contribution in [0.4, 0.5) is 22.0 Å². The molecule has 9 heteroatoms. The molecule has 1 fully saturated rings. The standard InChI is InChI=1S/C6H8F2O.C5H2ClF3N2/c7-6(8)3-1-5(9)2-4-6;6-4-2-1-3(10-11-4)5(7,8)9/h1-4H2;1-2H. The summed E-state index contributed by atoms with van der Waals surface area (Å²) in [7, 11) is 0. The average Bonchev–Trinajstić information content (AvgIpc) is 2.33. The van der Waals surface area contributed by atoms with Gasteiger partial charge in [0.2, 0.25) is 5.92 Å². The van der Waals surface area contributed by atoms with Crippen LogP contribution in [0, 0.1) is 0 Å². The van der Waals surface area contributed by atoms with Gasteiger partial charge in [0.15, 0.2) is 10.8 Å². The monoisotopic (exact) mass is 316 g/mol. The highest BCUT2D eigenvalue weighted by Gasteiger charge is 2.34. The summed E-state index contributed by atoms with van der Waals surface area (Å²) in [5.41, 5.74) is -1.04. The molecule has 3 nitrogen and oxygen atoms in total. The Labute approximate surface area is 116 Å². The van der Waals surface area contributed by atoms with Crippen molar-refractivity contribution >= 4 is 17.4 Å². The quantitative estimate of drug-likeness (QED) is 0.681. The summed E-state index contributed by atoms with van der Waals surface area (Å²) in [6.45, 7) is 0. The Morgan fingerprint density at radius 3 is 2.00 bits per heavy atom. The third kappa shape index (κ3) is 5.77. The highest BCUT2D eigenvalue weighted by atomic mass is 35.5. The van der Waals surface area contributed by atoms with Gasteiger partial charge in [-0.3, -0.25) is 4.79 Å². The minimum Gasteiger partial charge on any atom is -0.300 e. The maximum atomic E-state index is 12.2. The summed E-state index contributed by atoms with van der Waals surface area (Å²) in [5, 5.41) is 5.83. The molecule has 0 amide bonds. The molecule has 1 heterocycles. The van der Waals surface area contributed by atoms with Crippen LogP contribution in [0.2, 0.25) is 5.15 Å². The van der Waals surface area contributed by atoms with Crippen LogP contribution in [0.5, 0.6) is 0 Å². The van der Waals surface area contributed by atoms with E-state index in [4.69, 9.17) is 11.6 Å². The van der Waals surface area contributed by atoms with Crippen LogP contribution in [0.1, 0.15) is 31.4 Å². The second-order valence-electron chi connectivity index (χ2n) is 4.13. The zero-order valence-electron chi connectivity index (χ0n) is 10.1. The van der Waals surface area contributed by atoms with Gasteiger partial charge in [-0.05, 0) is 12.1 Å². The van der Waals surface area contributed by atoms with E-state index in [1.54, 1.807) is 0 Å². The molecule has 0 saturated heterocycles. The van der Waals surface area contributed by atoms with E-state index in [1.165, 1.54) is 0 Å². The van der Waals surface area contributed by atoms with Gasteiger partial charge < -0.3 is 0 Å². The minimum absolute atomic E-state index is 0.0269. The minimum atomic E-state index is -4.45. The van der Waals surface area contributed by atoms with Gasteiger partial charge in [-0.15, -0.1) is 10.2 Å². The van der Waals surface area contributed by atoms with Crippen molar-refractivity contribution in [1.82, 2.24) is 10.2 Å². The van der Waals surface area contributed by atoms with Gasteiger partial charge in [0.05, 0.1) is 0 Å². The first-order valence-corrected chi connectivity index (χ1v) is 5.94. The SMILES string of the molecule is FC(F)(F)c1ccc(Cl)nn1.O=C1CCC(F)(F)CC1. The van der Waals surface area contributed by atoms with E-state index in [0.29, 0.717) is 0 Å². The summed E-state index contributed by atoms with van der Waals surface area (Å²) >= 11 is 5.22. The zero-order valence-corrected chi connectivity index (χ0v) is 10.8. The fraction of sp³-hybridized carbons (Fsp3) is 0.545. The van der Waals surface area contributed by atoms with Gasteiger partial charge in [0.1, 0.15) is 5.78 Å². The summed E-state index contributed by atoms with van der Waals surface area (Å²) < 4.78 is 59.8. The second-order valence-corrected chi connectivity index (χ2v) is 4.52. The number of hydrogen-bond donors (Lipinski definition) is 0. The fourth-order valence-electron chi connectivity index (χ4n) is 1.36. The van der Waals surface area contributed by atoms with Gasteiger partial charge in [-0.25, -0.2) is 8.78 Å². The van der Waals surface area contributed by atoms with Crippen molar-refractivity contribution in [2.75, 3.05) is 0 Å². The van der Waals surface area contributed by atoms with Crippen LogP contribution in [0.3, 0.4) is 0 Å². The Balaban J connectivity index is 0.000000204. The molecule has 112 valence electrons. The largest absolute Gasteiger partial charge is 0.435 e. The lowest BCUT2D eigenvalue weighted by molar-refractivity contribution is -0.141. The third-order valence-corrected chi connectivity index (χ3v) is 2.66.